The van der Waals surface area contributed by atoms with Crippen molar-refractivity contribution in [2.24, 2.45) is 5.41 Å². The lowest BCUT2D eigenvalue weighted by molar-refractivity contribution is 0.0283. The van der Waals surface area contributed by atoms with Gasteiger partial charge >= 0.3 is 0 Å². The van der Waals surface area contributed by atoms with Crippen LogP contribution in [0, 0.1) is 5.41 Å². The van der Waals surface area contributed by atoms with Gasteiger partial charge < -0.3 is 24.0 Å². The minimum Gasteiger partial charge on any atom is -0.481 e. The molecule has 3 aliphatic heterocycles. The SMILES string of the molecule is COc1ccc(C(=O)N2CCC3(CC2)CC(CN2CCOCC2)N(C)C3)c(OC)n1. The summed E-state index contributed by atoms with van der Waals surface area (Å²) in [6, 6.07) is 4.05. The van der Waals surface area contributed by atoms with Gasteiger partial charge in [-0.3, -0.25) is 9.69 Å². The van der Waals surface area contributed by atoms with Gasteiger partial charge in [0.2, 0.25) is 11.8 Å². The fraction of sp³-hybridized carbons (Fsp3) is 0.727. The Morgan fingerprint density at radius 2 is 1.90 bits per heavy atom. The average Bonchev–Trinajstić information content (AvgIpc) is 3.08. The lowest BCUT2D eigenvalue weighted by Crippen LogP contribution is -2.44. The van der Waals surface area contributed by atoms with Gasteiger partial charge in [0.25, 0.3) is 5.91 Å². The Kier molecular flexibility index (Phi) is 6.46. The number of carbonyl (C=O) groups excluding carboxylic acids is 1. The summed E-state index contributed by atoms with van der Waals surface area (Å²) < 4.78 is 16.0. The van der Waals surface area contributed by atoms with E-state index in [0.29, 0.717) is 28.8 Å². The number of pyridine rings is 1. The molecule has 8 heteroatoms. The smallest absolute Gasteiger partial charge is 0.259 e. The number of ether oxygens (including phenoxy) is 3. The summed E-state index contributed by atoms with van der Waals surface area (Å²) in [6.07, 6.45) is 3.32. The van der Waals surface area contributed by atoms with Crippen molar-refractivity contribution >= 4 is 5.91 Å². The number of amides is 1. The second-order valence-electron chi connectivity index (χ2n) is 8.89. The van der Waals surface area contributed by atoms with E-state index in [2.05, 4.69) is 21.8 Å². The Morgan fingerprint density at radius 3 is 2.57 bits per heavy atom. The van der Waals surface area contributed by atoms with Gasteiger partial charge in [-0.1, -0.05) is 0 Å². The predicted molar refractivity (Wildman–Crippen MR) is 113 cm³/mol. The Balaban J connectivity index is 1.36. The number of likely N-dealkylation sites (tertiary alicyclic amines) is 2. The molecule has 0 saturated carbocycles. The fourth-order valence-electron chi connectivity index (χ4n) is 5.24. The van der Waals surface area contributed by atoms with Crippen LogP contribution in [0.1, 0.15) is 29.6 Å². The molecule has 8 nitrogen and oxygen atoms in total. The van der Waals surface area contributed by atoms with Crippen LogP contribution in [-0.4, -0.2) is 105 Å². The molecule has 4 rings (SSSR count). The maximum absolute atomic E-state index is 13.1. The van der Waals surface area contributed by atoms with Crippen LogP contribution >= 0.6 is 0 Å². The van der Waals surface area contributed by atoms with Crippen molar-refractivity contribution in [1.29, 1.82) is 0 Å². The van der Waals surface area contributed by atoms with Gasteiger partial charge in [-0.05, 0) is 37.8 Å². The van der Waals surface area contributed by atoms with Crippen molar-refractivity contribution in [3.63, 3.8) is 0 Å². The second kappa shape index (κ2) is 9.08. The first-order valence-corrected chi connectivity index (χ1v) is 10.9. The summed E-state index contributed by atoms with van der Waals surface area (Å²) in [5.41, 5.74) is 0.827. The molecule has 1 amide bonds. The van der Waals surface area contributed by atoms with Crippen LogP contribution < -0.4 is 9.47 Å². The van der Waals surface area contributed by atoms with Crippen LogP contribution in [0.5, 0.6) is 11.8 Å². The maximum Gasteiger partial charge on any atom is 0.259 e. The molecule has 1 atom stereocenters. The maximum atomic E-state index is 13.1. The number of morpholine rings is 1. The van der Waals surface area contributed by atoms with Gasteiger partial charge in [0, 0.05) is 51.4 Å². The summed E-state index contributed by atoms with van der Waals surface area (Å²) in [6.45, 7) is 7.59. The summed E-state index contributed by atoms with van der Waals surface area (Å²) in [4.78, 5) is 24.4. The first kappa shape index (κ1) is 21.3. The first-order chi connectivity index (χ1) is 14.5. The number of carbonyl (C=O) groups is 1. The minimum atomic E-state index is -0.00642. The molecule has 4 heterocycles. The monoisotopic (exact) mass is 418 g/mol. The molecule has 0 aliphatic carbocycles. The Bertz CT molecular complexity index is 745. The molecule has 166 valence electrons. The Labute approximate surface area is 179 Å². The normalized spacial score (nSPS) is 24.9. The van der Waals surface area contributed by atoms with Crippen molar-refractivity contribution in [2.75, 3.05) is 73.7 Å². The highest BCUT2D eigenvalue weighted by molar-refractivity contribution is 5.96. The number of methoxy groups -OCH3 is 2. The Morgan fingerprint density at radius 1 is 1.17 bits per heavy atom. The standard InChI is InChI=1S/C22H34N4O4/c1-24-16-22(14-17(24)15-25-10-12-30-13-11-25)6-8-26(9-7-22)21(27)18-4-5-19(28-2)23-20(18)29-3/h4-5,17H,6-16H2,1-3H3. The number of aromatic nitrogens is 1. The lowest BCUT2D eigenvalue weighted by Gasteiger charge is -2.39. The number of hydrogen-bond acceptors (Lipinski definition) is 7. The first-order valence-electron chi connectivity index (χ1n) is 10.9. The zero-order chi connectivity index (χ0) is 21.1. The molecule has 0 bridgehead atoms. The zero-order valence-electron chi connectivity index (χ0n) is 18.4. The van der Waals surface area contributed by atoms with Crippen LogP contribution in [0.25, 0.3) is 0 Å². The summed E-state index contributed by atoms with van der Waals surface area (Å²) in [5, 5.41) is 0. The largest absolute Gasteiger partial charge is 0.481 e. The fourth-order valence-corrected chi connectivity index (χ4v) is 5.24. The van der Waals surface area contributed by atoms with Gasteiger partial charge in [-0.15, -0.1) is 0 Å². The molecular formula is C22H34N4O4. The average molecular weight is 419 g/mol. The molecule has 0 aromatic carbocycles. The molecule has 3 fully saturated rings. The van der Waals surface area contributed by atoms with E-state index < -0.39 is 0 Å². The van der Waals surface area contributed by atoms with Gasteiger partial charge in [0.1, 0.15) is 5.56 Å². The number of likely N-dealkylation sites (N-methyl/N-ethyl adjacent to an activating group) is 1. The predicted octanol–water partition coefficient (Wildman–Crippen LogP) is 1.36. The molecule has 1 unspecified atom stereocenters. The molecule has 1 spiro atoms. The topological polar surface area (TPSA) is 67.4 Å². The number of rotatable bonds is 5. The molecular weight excluding hydrogens is 384 g/mol. The van der Waals surface area contributed by atoms with Gasteiger partial charge in [0.05, 0.1) is 27.4 Å². The highest BCUT2D eigenvalue weighted by Gasteiger charge is 2.45. The van der Waals surface area contributed by atoms with Crippen molar-refractivity contribution < 1.29 is 19.0 Å². The number of nitrogens with zero attached hydrogens (tertiary/aromatic N) is 4. The van der Waals surface area contributed by atoms with Crippen LogP contribution in [0.15, 0.2) is 12.1 Å². The highest BCUT2D eigenvalue weighted by atomic mass is 16.5. The number of hydrogen-bond donors (Lipinski definition) is 0. The van der Waals surface area contributed by atoms with E-state index in [1.807, 2.05) is 4.90 Å². The van der Waals surface area contributed by atoms with Crippen molar-refractivity contribution in [3.8, 4) is 11.8 Å². The van der Waals surface area contributed by atoms with E-state index in [0.717, 1.165) is 65.3 Å². The third-order valence-corrected chi connectivity index (χ3v) is 7.03. The summed E-state index contributed by atoms with van der Waals surface area (Å²) in [5.74, 6) is 0.764. The molecule has 3 aliphatic rings. The summed E-state index contributed by atoms with van der Waals surface area (Å²) in [7, 11) is 5.34. The van der Waals surface area contributed by atoms with E-state index in [9.17, 15) is 4.79 Å². The van der Waals surface area contributed by atoms with Crippen LogP contribution in [0.4, 0.5) is 0 Å². The van der Waals surface area contributed by atoms with E-state index in [1.54, 1.807) is 19.2 Å². The minimum absolute atomic E-state index is 0.00642. The van der Waals surface area contributed by atoms with Gasteiger partial charge in [-0.2, -0.15) is 4.98 Å². The quantitative estimate of drug-likeness (QED) is 0.715. The van der Waals surface area contributed by atoms with Crippen LogP contribution in [-0.2, 0) is 4.74 Å². The molecule has 0 N–H and O–H groups in total. The van der Waals surface area contributed by atoms with Gasteiger partial charge in [0.15, 0.2) is 0 Å². The van der Waals surface area contributed by atoms with Crippen molar-refractivity contribution in [1.82, 2.24) is 19.7 Å². The summed E-state index contributed by atoms with van der Waals surface area (Å²) >= 11 is 0. The lowest BCUT2D eigenvalue weighted by atomic mass is 9.76. The molecule has 1 aromatic heterocycles. The highest BCUT2D eigenvalue weighted by Crippen LogP contribution is 2.43. The van der Waals surface area contributed by atoms with E-state index in [1.165, 1.54) is 13.5 Å². The Hall–Kier alpha value is -1.90. The van der Waals surface area contributed by atoms with E-state index >= 15 is 0 Å². The molecule has 3 saturated heterocycles. The molecule has 1 aromatic rings. The third-order valence-electron chi connectivity index (χ3n) is 7.03. The third kappa shape index (κ3) is 4.40. The van der Waals surface area contributed by atoms with E-state index in [-0.39, 0.29) is 5.91 Å². The van der Waals surface area contributed by atoms with Crippen LogP contribution in [0.2, 0.25) is 0 Å². The second-order valence-corrected chi connectivity index (χ2v) is 8.89. The zero-order valence-corrected chi connectivity index (χ0v) is 18.4. The van der Waals surface area contributed by atoms with Crippen molar-refractivity contribution in [2.45, 2.75) is 25.3 Å². The van der Waals surface area contributed by atoms with Crippen molar-refractivity contribution in [3.05, 3.63) is 17.7 Å². The van der Waals surface area contributed by atoms with Gasteiger partial charge in [-0.25, -0.2) is 0 Å². The molecule has 0 radical (unpaired) electrons. The number of piperidine rings is 1. The van der Waals surface area contributed by atoms with E-state index in [4.69, 9.17) is 14.2 Å². The van der Waals surface area contributed by atoms with Crippen LogP contribution in [0.3, 0.4) is 0 Å². The molecule has 30 heavy (non-hydrogen) atoms.